The van der Waals surface area contributed by atoms with E-state index in [1.165, 1.54) is 6.20 Å². The second-order valence-electron chi connectivity index (χ2n) is 5.47. The number of rotatable bonds is 4. The highest BCUT2D eigenvalue weighted by Crippen LogP contribution is 2.17. The summed E-state index contributed by atoms with van der Waals surface area (Å²) >= 11 is 0. The average molecular weight is 300 g/mol. The van der Waals surface area contributed by atoms with Gasteiger partial charge in [-0.3, -0.25) is 15.0 Å². The van der Waals surface area contributed by atoms with E-state index in [1.807, 2.05) is 13.1 Å². The fourth-order valence-electron chi connectivity index (χ4n) is 2.10. The number of aromatic nitrogens is 1. The Morgan fingerprint density at radius 2 is 2.18 bits per heavy atom. The minimum absolute atomic E-state index is 0.270. The van der Waals surface area contributed by atoms with Gasteiger partial charge in [-0.2, -0.15) is 0 Å². The fraction of sp³-hybridized carbons (Fsp3) is 0.353. The molecule has 116 valence electrons. The van der Waals surface area contributed by atoms with Gasteiger partial charge in [0.2, 0.25) is 0 Å². The monoisotopic (exact) mass is 300 g/mol. The number of allylic oxidation sites excluding steroid dienone is 3. The molecule has 0 atom stereocenters. The van der Waals surface area contributed by atoms with Crippen LogP contribution in [0.4, 0.5) is 4.39 Å². The molecule has 5 heteroatoms. The zero-order valence-electron chi connectivity index (χ0n) is 13.4. The van der Waals surface area contributed by atoms with Crippen molar-refractivity contribution < 1.29 is 4.39 Å². The molecular formula is C17H21FN4. The second kappa shape index (κ2) is 7.11. The molecule has 4 nitrogen and oxygen atoms in total. The maximum atomic E-state index is 13.6. The van der Waals surface area contributed by atoms with Crippen LogP contribution in [0.15, 0.2) is 52.0 Å². The van der Waals surface area contributed by atoms with E-state index >= 15 is 0 Å². The predicted octanol–water partition coefficient (Wildman–Crippen LogP) is 3.37. The SMILES string of the molecule is C/C(=C1/C=CN=CC1=NCc1ccncc1F)N(C)C(C)C. The Kier molecular flexibility index (Phi) is 5.20. The first-order valence-electron chi connectivity index (χ1n) is 7.27. The minimum atomic E-state index is -0.336. The summed E-state index contributed by atoms with van der Waals surface area (Å²) in [5.74, 6) is -0.336. The molecular weight excluding hydrogens is 279 g/mol. The molecule has 0 radical (unpaired) electrons. The van der Waals surface area contributed by atoms with Crippen molar-refractivity contribution in [1.82, 2.24) is 9.88 Å². The van der Waals surface area contributed by atoms with Gasteiger partial charge >= 0.3 is 0 Å². The van der Waals surface area contributed by atoms with Gasteiger partial charge in [-0.1, -0.05) is 0 Å². The number of pyridine rings is 1. The zero-order chi connectivity index (χ0) is 16.1. The number of halogens is 1. The first kappa shape index (κ1) is 16.1. The Labute approximate surface area is 130 Å². The summed E-state index contributed by atoms with van der Waals surface area (Å²) in [5, 5.41) is 0. The van der Waals surface area contributed by atoms with Gasteiger partial charge in [0.05, 0.1) is 24.7 Å². The lowest BCUT2D eigenvalue weighted by molar-refractivity contribution is 0.344. The van der Waals surface area contributed by atoms with Crippen LogP contribution in [0.5, 0.6) is 0 Å². The van der Waals surface area contributed by atoms with Crippen molar-refractivity contribution in [3.05, 3.63) is 53.4 Å². The number of nitrogens with zero attached hydrogens (tertiary/aromatic N) is 4. The summed E-state index contributed by atoms with van der Waals surface area (Å²) in [4.78, 5) is 14.6. The second-order valence-corrected chi connectivity index (χ2v) is 5.47. The van der Waals surface area contributed by atoms with E-state index in [-0.39, 0.29) is 12.4 Å². The topological polar surface area (TPSA) is 40.9 Å². The quantitative estimate of drug-likeness (QED) is 0.855. The molecule has 0 fully saturated rings. The van der Waals surface area contributed by atoms with Crippen LogP contribution in [0.1, 0.15) is 26.3 Å². The fourth-order valence-corrected chi connectivity index (χ4v) is 2.10. The maximum Gasteiger partial charge on any atom is 0.146 e. The van der Waals surface area contributed by atoms with Gasteiger partial charge in [-0.25, -0.2) is 4.39 Å². The largest absolute Gasteiger partial charge is 0.375 e. The molecule has 0 unspecified atom stereocenters. The lowest BCUT2D eigenvalue weighted by atomic mass is 10.1. The Balaban J connectivity index is 2.30. The molecule has 0 N–H and O–H groups in total. The summed E-state index contributed by atoms with van der Waals surface area (Å²) in [6.07, 6.45) is 8.18. The molecule has 0 aromatic carbocycles. The van der Waals surface area contributed by atoms with E-state index in [2.05, 4.69) is 40.6 Å². The van der Waals surface area contributed by atoms with Gasteiger partial charge in [0, 0.05) is 42.3 Å². The van der Waals surface area contributed by atoms with Gasteiger partial charge in [0.15, 0.2) is 0 Å². The first-order valence-corrected chi connectivity index (χ1v) is 7.27. The minimum Gasteiger partial charge on any atom is -0.375 e. The molecule has 1 aliphatic heterocycles. The van der Waals surface area contributed by atoms with Crippen LogP contribution in [0.2, 0.25) is 0 Å². The van der Waals surface area contributed by atoms with Crippen molar-refractivity contribution in [2.75, 3.05) is 7.05 Å². The van der Waals surface area contributed by atoms with Crippen molar-refractivity contribution in [1.29, 1.82) is 0 Å². The highest BCUT2D eigenvalue weighted by atomic mass is 19.1. The average Bonchev–Trinajstić information content (AvgIpc) is 2.53. The Morgan fingerprint density at radius 1 is 1.41 bits per heavy atom. The van der Waals surface area contributed by atoms with Crippen molar-refractivity contribution in [2.45, 2.75) is 33.4 Å². The zero-order valence-corrected chi connectivity index (χ0v) is 13.4. The Hall–Kier alpha value is -2.30. The lowest BCUT2D eigenvalue weighted by Gasteiger charge is -2.27. The third-order valence-electron chi connectivity index (χ3n) is 3.77. The molecule has 1 aliphatic rings. The molecule has 2 heterocycles. The van der Waals surface area contributed by atoms with Crippen molar-refractivity contribution in [2.24, 2.45) is 9.98 Å². The first-order chi connectivity index (χ1) is 10.5. The molecule has 0 amide bonds. The van der Waals surface area contributed by atoms with Crippen LogP contribution in [-0.2, 0) is 6.54 Å². The third kappa shape index (κ3) is 3.67. The highest BCUT2D eigenvalue weighted by Gasteiger charge is 2.14. The summed E-state index contributed by atoms with van der Waals surface area (Å²) < 4.78 is 13.6. The van der Waals surface area contributed by atoms with E-state index in [9.17, 15) is 4.39 Å². The van der Waals surface area contributed by atoms with Crippen LogP contribution in [0.25, 0.3) is 0 Å². The lowest BCUT2D eigenvalue weighted by Crippen LogP contribution is -2.27. The van der Waals surface area contributed by atoms with E-state index in [0.29, 0.717) is 11.6 Å². The molecule has 22 heavy (non-hydrogen) atoms. The summed E-state index contributed by atoms with van der Waals surface area (Å²) in [6, 6.07) is 2.03. The van der Waals surface area contributed by atoms with Gasteiger partial charge in [-0.05, 0) is 32.9 Å². The summed E-state index contributed by atoms with van der Waals surface area (Å²) in [7, 11) is 2.05. The third-order valence-corrected chi connectivity index (χ3v) is 3.77. The van der Waals surface area contributed by atoms with Crippen molar-refractivity contribution >= 4 is 11.9 Å². The summed E-state index contributed by atoms with van der Waals surface area (Å²) in [6.45, 7) is 6.59. The summed E-state index contributed by atoms with van der Waals surface area (Å²) in [5.41, 5.74) is 3.43. The van der Waals surface area contributed by atoms with Crippen LogP contribution in [-0.4, -0.2) is 34.9 Å². The molecule has 0 saturated heterocycles. The van der Waals surface area contributed by atoms with Crippen molar-refractivity contribution in [3.8, 4) is 0 Å². The molecule has 2 rings (SSSR count). The highest BCUT2D eigenvalue weighted by molar-refractivity contribution is 6.40. The molecule has 0 bridgehead atoms. The van der Waals surface area contributed by atoms with Crippen LogP contribution < -0.4 is 0 Å². The maximum absolute atomic E-state index is 13.6. The Bertz CT molecular complexity index is 656. The van der Waals surface area contributed by atoms with Gasteiger partial charge in [0.25, 0.3) is 0 Å². The molecule has 0 saturated carbocycles. The number of hydrogen-bond acceptors (Lipinski definition) is 4. The number of aliphatic imine (C=N–C) groups is 2. The molecule has 1 aromatic heterocycles. The van der Waals surface area contributed by atoms with Gasteiger partial charge < -0.3 is 4.90 Å². The normalized spacial score (nSPS) is 18.2. The van der Waals surface area contributed by atoms with Crippen LogP contribution in [0.3, 0.4) is 0 Å². The predicted molar refractivity (Wildman–Crippen MR) is 88.6 cm³/mol. The van der Waals surface area contributed by atoms with Crippen LogP contribution >= 0.6 is 0 Å². The molecule has 0 spiro atoms. The van der Waals surface area contributed by atoms with E-state index in [4.69, 9.17) is 0 Å². The number of hydrogen-bond donors (Lipinski definition) is 0. The molecule has 1 aromatic rings. The van der Waals surface area contributed by atoms with Gasteiger partial charge in [0.1, 0.15) is 5.82 Å². The smallest absolute Gasteiger partial charge is 0.146 e. The Morgan fingerprint density at radius 3 is 2.86 bits per heavy atom. The van der Waals surface area contributed by atoms with E-state index in [1.54, 1.807) is 24.7 Å². The van der Waals surface area contributed by atoms with E-state index < -0.39 is 0 Å². The van der Waals surface area contributed by atoms with Gasteiger partial charge in [-0.15, -0.1) is 0 Å². The molecule has 0 aliphatic carbocycles. The van der Waals surface area contributed by atoms with Crippen LogP contribution in [0, 0.1) is 5.82 Å². The standard InChI is InChI=1S/C17H21FN4/c1-12(2)22(4)13(3)15-6-8-20-11-17(15)21-9-14-5-7-19-10-16(14)18/h5-8,10-12H,9H2,1-4H3/b15-13+,21-17?. The van der Waals surface area contributed by atoms with Crippen molar-refractivity contribution in [3.63, 3.8) is 0 Å². The van der Waals surface area contributed by atoms with E-state index in [0.717, 1.165) is 17.0 Å².